The molecule has 0 heterocycles. The van der Waals surface area contributed by atoms with E-state index >= 15 is 17.6 Å². The van der Waals surface area contributed by atoms with E-state index in [0.717, 1.165) is 6.07 Å². The molecule has 0 radical (unpaired) electrons. The fourth-order valence-electron chi connectivity index (χ4n) is 5.48. The van der Waals surface area contributed by atoms with Crippen molar-refractivity contribution in [3.8, 4) is 11.1 Å². The molecule has 0 saturated carbocycles. The predicted molar refractivity (Wildman–Crippen MR) is 144 cm³/mol. The van der Waals surface area contributed by atoms with Crippen molar-refractivity contribution in [3.05, 3.63) is 137 Å². The smallest absolute Gasteiger partial charge is 0.204 e. The first-order valence-electron chi connectivity index (χ1n) is 12.6. The molecule has 0 N–H and O–H groups in total. The van der Waals surface area contributed by atoms with Crippen LogP contribution in [0.1, 0.15) is 0 Å². The monoisotopic (exact) mass is 598 g/mol. The molecule has 0 aliphatic heterocycles. The zero-order valence-corrected chi connectivity index (χ0v) is 21.4. The molecule has 6 rings (SSSR count). The topological polar surface area (TPSA) is 0 Å². The van der Waals surface area contributed by atoms with Gasteiger partial charge in [0.05, 0.1) is 0 Å². The van der Waals surface area contributed by atoms with Crippen molar-refractivity contribution in [1.29, 1.82) is 0 Å². The summed E-state index contributed by atoms with van der Waals surface area (Å²) in [6.45, 7) is -2.70. The first kappa shape index (κ1) is 28.3. The SMILES string of the molecule is Fc1c(F)c(F)c(B(c2ccc3ccccc3c2-c2cccc3ccccc23)c2c(F)c(F)c(F)c(F)c2F)c(F)c1F. The highest BCUT2D eigenvalue weighted by atomic mass is 19.2. The molecule has 11 heteroatoms. The Kier molecular flexibility index (Phi) is 6.91. The number of rotatable bonds is 4. The Balaban J connectivity index is 1.86. The maximum absolute atomic E-state index is 15.4. The van der Waals surface area contributed by atoms with Crippen LogP contribution in [0.2, 0.25) is 0 Å². The number of halogens is 10. The summed E-state index contributed by atoms with van der Waals surface area (Å²) >= 11 is 0. The molecular formula is C32H13BF10. The molecule has 0 atom stereocenters. The lowest BCUT2D eigenvalue weighted by molar-refractivity contribution is 0.382. The Hall–Kier alpha value is -4.80. The minimum absolute atomic E-state index is 0.00721. The third kappa shape index (κ3) is 4.25. The molecule has 0 amide bonds. The van der Waals surface area contributed by atoms with E-state index < -0.39 is 81.3 Å². The summed E-state index contributed by atoms with van der Waals surface area (Å²) in [5.74, 6) is -25.0. The Morgan fingerprint density at radius 2 is 0.744 bits per heavy atom. The fraction of sp³-hybridized carbons (Fsp3) is 0. The molecular weight excluding hydrogens is 585 g/mol. The van der Waals surface area contributed by atoms with E-state index in [2.05, 4.69) is 0 Å². The molecule has 214 valence electrons. The molecule has 0 saturated heterocycles. The van der Waals surface area contributed by atoms with Gasteiger partial charge in [0.15, 0.2) is 58.2 Å². The second kappa shape index (κ2) is 10.5. The van der Waals surface area contributed by atoms with Crippen LogP contribution in [0.3, 0.4) is 0 Å². The van der Waals surface area contributed by atoms with Gasteiger partial charge in [0.25, 0.3) is 6.71 Å². The van der Waals surface area contributed by atoms with Crippen LogP contribution in [0.15, 0.2) is 78.9 Å². The van der Waals surface area contributed by atoms with Gasteiger partial charge in [-0.1, -0.05) is 84.3 Å². The minimum atomic E-state index is -2.70. The highest BCUT2D eigenvalue weighted by molar-refractivity contribution is 6.96. The zero-order chi connectivity index (χ0) is 30.7. The highest BCUT2D eigenvalue weighted by Gasteiger charge is 2.42. The van der Waals surface area contributed by atoms with Crippen molar-refractivity contribution in [2.45, 2.75) is 0 Å². The van der Waals surface area contributed by atoms with Crippen molar-refractivity contribution in [2.24, 2.45) is 0 Å². The van der Waals surface area contributed by atoms with Crippen molar-refractivity contribution >= 4 is 44.6 Å². The molecule has 43 heavy (non-hydrogen) atoms. The fourth-order valence-corrected chi connectivity index (χ4v) is 5.48. The van der Waals surface area contributed by atoms with Gasteiger partial charge in [0.2, 0.25) is 0 Å². The average molecular weight is 598 g/mol. The van der Waals surface area contributed by atoms with Crippen LogP contribution in [0, 0.1) is 58.2 Å². The average Bonchev–Trinajstić information content (AvgIpc) is 3.03. The Morgan fingerprint density at radius 3 is 1.26 bits per heavy atom. The molecule has 0 nitrogen and oxygen atoms in total. The Morgan fingerprint density at radius 1 is 0.349 bits per heavy atom. The van der Waals surface area contributed by atoms with Gasteiger partial charge in [-0.05, 0) is 32.7 Å². The van der Waals surface area contributed by atoms with E-state index in [1.165, 1.54) is 12.1 Å². The zero-order valence-electron chi connectivity index (χ0n) is 21.4. The molecule has 0 spiro atoms. The van der Waals surface area contributed by atoms with Crippen LogP contribution < -0.4 is 16.4 Å². The van der Waals surface area contributed by atoms with Crippen molar-refractivity contribution in [3.63, 3.8) is 0 Å². The number of fused-ring (bicyclic) bond motifs is 2. The van der Waals surface area contributed by atoms with Gasteiger partial charge >= 0.3 is 0 Å². The molecule has 0 fully saturated rings. The molecule has 0 bridgehead atoms. The standard InChI is InChI=1S/C32H13BF10/c34-23-21(24(35)28(39)31(42)27(23)38)33(22-25(36)29(40)32(43)30(41)26(22)37)19-13-12-15-7-2-4-10-17(15)20(19)18-11-5-8-14-6-1-3-9-16(14)18/h1-13H. The van der Waals surface area contributed by atoms with E-state index in [9.17, 15) is 26.3 Å². The highest BCUT2D eigenvalue weighted by Crippen LogP contribution is 2.34. The summed E-state index contributed by atoms with van der Waals surface area (Å²) in [6.07, 6.45) is 0. The lowest BCUT2D eigenvalue weighted by atomic mass is 9.35. The summed E-state index contributed by atoms with van der Waals surface area (Å²) in [5.41, 5.74) is -3.77. The third-order valence-corrected chi connectivity index (χ3v) is 7.40. The molecule has 6 aromatic carbocycles. The minimum Gasteiger partial charge on any atom is -0.204 e. The molecule has 0 aromatic heterocycles. The molecule has 6 aromatic rings. The lowest BCUT2D eigenvalue weighted by Crippen LogP contribution is -2.58. The summed E-state index contributed by atoms with van der Waals surface area (Å²) in [6, 6.07) is 20.4. The molecule has 0 aliphatic rings. The van der Waals surface area contributed by atoms with Crippen LogP contribution in [0.25, 0.3) is 32.7 Å². The number of benzene rings is 6. The number of hydrogen-bond acceptors (Lipinski definition) is 0. The van der Waals surface area contributed by atoms with Gasteiger partial charge in [0, 0.05) is 10.9 Å². The van der Waals surface area contributed by atoms with Gasteiger partial charge in [-0.15, -0.1) is 0 Å². The summed E-state index contributed by atoms with van der Waals surface area (Å²) in [7, 11) is 0. The number of hydrogen-bond donors (Lipinski definition) is 0. The largest absolute Gasteiger partial charge is 0.257 e. The predicted octanol–water partition coefficient (Wildman–Crippen LogP) is 7.57. The Labute approximate surface area is 236 Å². The van der Waals surface area contributed by atoms with Gasteiger partial charge < -0.3 is 0 Å². The van der Waals surface area contributed by atoms with Gasteiger partial charge in [-0.2, -0.15) is 0 Å². The van der Waals surface area contributed by atoms with E-state index in [1.54, 1.807) is 60.7 Å². The van der Waals surface area contributed by atoms with Crippen LogP contribution >= 0.6 is 0 Å². The van der Waals surface area contributed by atoms with Gasteiger partial charge in [-0.25, -0.2) is 43.9 Å². The third-order valence-electron chi connectivity index (χ3n) is 7.40. The van der Waals surface area contributed by atoms with E-state index in [1.807, 2.05) is 0 Å². The lowest BCUT2D eigenvalue weighted by Gasteiger charge is -2.24. The van der Waals surface area contributed by atoms with Crippen molar-refractivity contribution < 1.29 is 43.9 Å². The normalized spacial score (nSPS) is 11.5. The van der Waals surface area contributed by atoms with Crippen LogP contribution in [-0.4, -0.2) is 6.71 Å². The first-order chi connectivity index (χ1) is 20.5. The Bertz CT molecular complexity index is 1970. The second-order valence-corrected chi connectivity index (χ2v) is 9.68. The molecule has 0 unspecified atom stereocenters. The van der Waals surface area contributed by atoms with Crippen LogP contribution in [0.5, 0.6) is 0 Å². The van der Waals surface area contributed by atoms with Gasteiger partial charge in [-0.3, -0.25) is 0 Å². The quantitative estimate of drug-likeness (QED) is 0.0851. The van der Waals surface area contributed by atoms with Crippen LogP contribution in [-0.2, 0) is 0 Å². The summed E-state index contributed by atoms with van der Waals surface area (Å²) < 4.78 is 148. The summed E-state index contributed by atoms with van der Waals surface area (Å²) in [4.78, 5) is 0. The maximum Gasteiger partial charge on any atom is 0.257 e. The van der Waals surface area contributed by atoms with E-state index in [0.29, 0.717) is 27.1 Å². The van der Waals surface area contributed by atoms with Crippen LogP contribution in [0.4, 0.5) is 43.9 Å². The second-order valence-electron chi connectivity index (χ2n) is 9.68. The summed E-state index contributed by atoms with van der Waals surface area (Å²) in [5, 5.41) is 1.94. The van der Waals surface area contributed by atoms with Crippen molar-refractivity contribution in [1.82, 2.24) is 0 Å². The van der Waals surface area contributed by atoms with E-state index in [-0.39, 0.29) is 5.56 Å². The van der Waals surface area contributed by atoms with Crippen molar-refractivity contribution in [2.75, 3.05) is 0 Å². The maximum atomic E-state index is 15.4. The van der Waals surface area contributed by atoms with E-state index in [4.69, 9.17) is 0 Å². The van der Waals surface area contributed by atoms with Gasteiger partial charge in [0.1, 0.15) is 0 Å². The first-order valence-corrected chi connectivity index (χ1v) is 12.6. The molecule has 0 aliphatic carbocycles.